The zero-order chi connectivity index (χ0) is 57.9. The number of aryl methyl sites for hydroxylation is 2. The molecule has 444 valence electrons. The molecule has 32 heteroatoms. The molecule has 4 aliphatic rings. The van der Waals surface area contributed by atoms with E-state index in [2.05, 4.69) is 72.4 Å². The van der Waals surface area contributed by atoms with Crippen LogP contribution in [-0.2, 0) is 36.5 Å². The largest absolute Gasteiger partial charge is 0.388 e. The van der Waals surface area contributed by atoms with Crippen LogP contribution >= 0.6 is 11.6 Å². The van der Waals surface area contributed by atoms with Crippen LogP contribution in [0.2, 0.25) is 5.28 Å². The number of carbonyl (C=O) groups is 2. The maximum atomic E-state index is 12.0. The molecule has 0 aliphatic heterocycles. The first-order chi connectivity index (χ1) is 40.1. The van der Waals surface area contributed by atoms with Gasteiger partial charge in [0.15, 0.2) is 34.0 Å². The molecule has 11 rings (SSSR count). The van der Waals surface area contributed by atoms with E-state index in [1.165, 1.54) is 0 Å². The summed E-state index contributed by atoms with van der Waals surface area (Å²) in [5, 5.41) is 88.8. The summed E-state index contributed by atoms with van der Waals surface area (Å²) < 4.78 is 7.17. The van der Waals surface area contributed by atoms with Gasteiger partial charge in [0, 0.05) is 76.6 Å². The standard InChI is InChI=1S/C51H70ClN23O8/c1-72-17-29(55-21-72)11-13-53-48-65-43(37-45(67-48)74(23-57-37)33-15-31(39(80)41(33)82)63-35(78)19-76)59-25-3-7-27(8-4-25)61-50-69-47(52)70-51(71-50)62-28-9-5-26(6-10-28)60-44-38-46(68-49(66-44)54-14-12-30-18-73(2)22-56-30)75(24-58-38)34-16-32(40(81)42(34)83)64-36(79)20-77/h17-18,21-28,31-34,39-42,76-77,80-83H,3-16,19-20H2,1-2H3,(H,63,78)(H,64,79)(H2,53,59,65,67)(H2,54,60,66,68)(H2,61,62,69,70,71)/t25-,26-,27-,28-,31-,32-,33+,34+,39+,40+,41-,42-/m0/s1. The van der Waals surface area contributed by atoms with Crippen LogP contribution in [0.15, 0.2) is 37.7 Å². The summed E-state index contributed by atoms with van der Waals surface area (Å²) in [6, 6.07) is -2.84. The van der Waals surface area contributed by atoms with Gasteiger partial charge < -0.3 is 91.4 Å². The third-order valence-corrected chi connectivity index (χ3v) is 16.3. The normalized spacial score (nSPS) is 26.3. The van der Waals surface area contributed by atoms with Gasteiger partial charge in [-0.05, 0) is 75.8 Å². The highest BCUT2D eigenvalue weighted by Crippen LogP contribution is 2.37. The van der Waals surface area contributed by atoms with Crippen molar-refractivity contribution in [1.82, 2.24) is 83.7 Å². The van der Waals surface area contributed by atoms with Crippen molar-refractivity contribution in [2.75, 3.05) is 58.2 Å². The first-order valence-electron chi connectivity index (χ1n) is 28.1. The van der Waals surface area contributed by atoms with Gasteiger partial charge in [-0.15, -0.1) is 0 Å². The lowest BCUT2D eigenvalue weighted by Gasteiger charge is -2.31. The van der Waals surface area contributed by atoms with Gasteiger partial charge >= 0.3 is 0 Å². The summed E-state index contributed by atoms with van der Waals surface area (Å²) in [5.74, 6) is 1.12. The third kappa shape index (κ3) is 13.1. The summed E-state index contributed by atoms with van der Waals surface area (Å²) in [6.07, 6.45) is 13.2. The van der Waals surface area contributed by atoms with Crippen molar-refractivity contribution in [3.8, 4) is 0 Å². The summed E-state index contributed by atoms with van der Waals surface area (Å²) in [4.78, 5) is 75.2. The van der Waals surface area contributed by atoms with Crippen LogP contribution in [0.5, 0.6) is 0 Å². The van der Waals surface area contributed by atoms with E-state index in [1.54, 1.807) is 34.4 Å². The van der Waals surface area contributed by atoms with Crippen LogP contribution in [0.25, 0.3) is 22.3 Å². The molecule has 14 N–H and O–H groups in total. The van der Waals surface area contributed by atoms with Crippen molar-refractivity contribution in [2.45, 2.75) is 150 Å². The third-order valence-electron chi connectivity index (χ3n) is 16.1. The molecular formula is C51H70ClN23O8. The van der Waals surface area contributed by atoms with Crippen LogP contribution in [0, 0.1) is 0 Å². The van der Waals surface area contributed by atoms with Crippen molar-refractivity contribution in [1.29, 1.82) is 0 Å². The second kappa shape index (κ2) is 25.0. The molecule has 7 aromatic rings. The Labute approximate surface area is 480 Å². The predicted octanol–water partition coefficient (Wildman–Crippen LogP) is -0.462. The molecule has 83 heavy (non-hydrogen) atoms. The average Bonchev–Trinajstić information content (AvgIpc) is 3.72. The lowest BCUT2D eigenvalue weighted by atomic mass is 9.91. The van der Waals surface area contributed by atoms with E-state index < -0.39 is 73.6 Å². The second-order valence-electron chi connectivity index (χ2n) is 22.0. The number of nitrogens with one attached hydrogen (secondary N) is 8. The molecule has 4 fully saturated rings. The number of nitrogens with zero attached hydrogens (tertiary/aromatic N) is 15. The topological polar surface area (TPSA) is 413 Å². The molecule has 0 bridgehead atoms. The smallest absolute Gasteiger partial charge is 0.246 e. The zero-order valence-electron chi connectivity index (χ0n) is 45.8. The molecule has 8 atom stereocenters. The first-order valence-corrected chi connectivity index (χ1v) is 28.4. The van der Waals surface area contributed by atoms with Gasteiger partial charge in [0.05, 0.1) is 60.9 Å². The quantitative estimate of drug-likeness (QED) is 0.0408. The number of halogens is 1. The minimum Gasteiger partial charge on any atom is -0.388 e. The molecule has 0 spiro atoms. The summed E-state index contributed by atoms with van der Waals surface area (Å²) in [5.41, 5.74) is 3.63. The van der Waals surface area contributed by atoms with Gasteiger partial charge in [-0.2, -0.15) is 34.9 Å². The van der Waals surface area contributed by atoms with Crippen molar-refractivity contribution < 1.29 is 40.2 Å². The van der Waals surface area contributed by atoms with Crippen molar-refractivity contribution in [2.24, 2.45) is 14.1 Å². The van der Waals surface area contributed by atoms with E-state index in [0.29, 0.717) is 83.7 Å². The van der Waals surface area contributed by atoms with E-state index in [1.807, 2.05) is 35.6 Å². The van der Waals surface area contributed by atoms with Gasteiger partial charge in [-0.25, -0.2) is 19.9 Å². The molecule has 7 aromatic heterocycles. The minimum atomic E-state index is -1.28. The minimum absolute atomic E-state index is 0.0154. The van der Waals surface area contributed by atoms with Crippen LogP contribution in [0.1, 0.15) is 87.7 Å². The van der Waals surface area contributed by atoms with Crippen LogP contribution in [0.4, 0.5) is 35.4 Å². The van der Waals surface area contributed by atoms with Crippen molar-refractivity contribution >= 4 is 81.2 Å². The number of amides is 2. The van der Waals surface area contributed by atoms with Gasteiger partial charge in [0.1, 0.15) is 37.6 Å². The SMILES string of the molecule is Cn1cnc(CCNc2nc(N[C@H]3CC[C@H](Nc4nc(Cl)nc(N[C@H]5CC[C@H](Nc6nc(NCCc7cn(C)cn7)nc7c6ncn7[C@@H]6C[C@H](NC(=O)CO)[C@@H](O)[C@H]6O)CC5)n4)CC3)c3ncn([C@@H]4C[C@H](NC(=O)CO)[C@@H](O)[C@H]4O)c3n2)c1. The maximum Gasteiger partial charge on any atom is 0.246 e. The monoisotopic (exact) mass is 1170 g/mol. The molecule has 0 aromatic carbocycles. The van der Waals surface area contributed by atoms with E-state index in [4.69, 9.17) is 36.5 Å². The second-order valence-corrected chi connectivity index (χ2v) is 22.4. The van der Waals surface area contributed by atoms with Gasteiger partial charge in [0.2, 0.25) is 40.9 Å². The summed E-state index contributed by atoms with van der Waals surface area (Å²) in [6.45, 7) is -0.504. The van der Waals surface area contributed by atoms with Crippen molar-refractivity contribution in [3.63, 3.8) is 0 Å². The highest BCUT2D eigenvalue weighted by Gasteiger charge is 2.45. The molecule has 7 heterocycles. The average molecular weight is 1170 g/mol. The number of anilines is 6. The summed E-state index contributed by atoms with van der Waals surface area (Å²) >= 11 is 6.52. The Morgan fingerprint density at radius 2 is 0.916 bits per heavy atom. The first kappa shape index (κ1) is 57.2. The number of aliphatic hydroxyl groups excluding tert-OH is 6. The molecule has 31 nitrogen and oxygen atoms in total. The van der Waals surface area contributed by atoms with E-state index in [-0.39, 0.29) is 42.3 Å². The predicted molar refractivity (Wildman–Crippen MR) is 302 cm³/mol. The molecule has 2 amide bonds. The number of imidazole rings is 4. The fourth-order valence-corrected chi connectivity index (χ4v) is 12.0. The Kier molecular flexibility index (Phi) is 17.2. The Morgan fingerprint density at radius 1 is 0.518 bits per heavy atom. The molecule has 4 aliphatic carbocycles. The fourth-order valence-electron chi connectivity index (χ4n) is 11.8. The Balaban J connectivity index is 0.711. The van der Waals surface area contributed by atoms with Crippen molar-refractivity contribution in [3.05, 3.63) is 54.4 Å². The van der Waals surface area contributed by atoms with E-state index >= 15 is 0 Å². The lowest BCUT2D eigenvalue weighted by Crippen LogP contribution is -2.44. The number of aromatic nitrogens is 15. The van der Waals surface area contributed by atoms with Gasteiger partial charge in [-0.3, -0.25) is 9.59 Å². The number of fused-ring (bicyclic) bond motifs is 2. The fraction of sp³-hybridized carbons (Fsp3) is 0.588. The molecular weight excluding hydrogens is 1100 g/mol. The van der Waals surface area contributed by atoms with E-state index in [9.17, 15) is 40.2 Å². The Morgan fingerprint density at radius 3 is 1.29 bits per heavy atom. The maximum absolute atomic E-state index is 12.0. The molecule has 4 saturated carbocycles. The van der Waals surface area contributed by atoms with Gasteiger partial charge in [0.25, 0.3) is 0 Å². The van der Waals surface area contributed by atoms with Crippen LogP contribution in [0.3, 0.4) is 0 Å². The number of hydrogen-bond acceptors (Lipinski definition) is 25. The molecule has 0 radical (unpaired) electrons. The number of rotatable bonds is 22. The highest BCUT2D eigenvalue weighted by atomic mass is 35.5. The molecule has 0 saturated heterocycles. The number of carbonyl (C=O) groups excluding carboxylic acids is 2. The van der Waals surface area contributed by atoms with Crippen LogP contribution in [-0.4, -0.2) is 203 Å². The zero-order valence-corrected chi connectivity index (χ0v) is 46.5. The summed E-state index contributed by atoms with van der Waals surface area (Å²) in [7, 11) is 3.82. The number of aliphatic hydroxyl groups is 6. The molecule has 0 unspecified atom stereocenters. The Hall–Kier alpha value is -7.68. The highest BCUT2D eigenvalue weighted by molar-refractivity contribution is 6.28. The van der Waals surface area contributed by atoms with Crippen LogP contribution < -0.4 is 42.5 Å². The Bertz CT molecular complexity index is 3160. The van der Waals surface area contributed by atoms with E-state index in [0.717, 1.165) is 62.8 Å². The lowest BCUT2D eigenvalue weighted by molar-refractivity contribution is -0.126. The van der Waals surface area contributed by atoms with Gasteiger partial charge in [-0.1, -0.05) is 0 Å². The number of hydrogen-bond donors (Lipinski definition) is 14.